The summed E-state index contributed by atoms with van der Waals surface area (Å²) in [5, 5.41) is 0. The lowest BCUT2D eigenvalue weighted by Gasteiger charge is -2.41. The van der Waals surface area contributed by atoms with Gasteiger partial charge in [-0.05, 0) is 24.3 Å². The van der Waals surface area contributed by atoms with E-state index in [9.17, 15) is 47.9 Å². The number of carbonyl (C=O) groups is 10. The minimum atomic E-state index is -1.69. The van der Waals surface area contributed by atoms with Crippen molar-refractivity contribution < 1.29 is 105 Å². The van der Waals surface area contributed by atoms with Gasteiger partial charge in [-0.1, -0.05) is 12.1 Å². The molecule has 0 fully saturated rings. The average molecular weight is 999 g/mol. The van der Waals surface area contributed by atoms with Gasteiger partial charge in [-0.25, -0.2) is 0 Å². The maximum atomic E-state index is 13.4. The van der Waals surface area contributed by atoms with Crippen LogP contribution in [0.2, 0.25) is 0 Å². The molecule has 0 spiro atoms. The zero-order valence-corrected chi connectivity index (χ0v) is 40.3. The molecule has 2 aliphatic heterocycles. The summed E-state index contributed by atoms with van der Waals surface area (Å²) in [6.07, 6.45) is -6.12. The van der Waals surface area contributed by atoms with Crippen LogP contribution >= 0.6 is 0 Å². The lowest BCUT2D eigenvalue weighted by Crippen LogP contribution is -2.40. The Labute approximate surface area is 409 Å². The molecule has 0 N–H and O–H groups in total. The van der Waals surface area contributed by atoms with Crippen molar-refractivity contribution >= 4 is 59.7 Å². The molecule has 6 rings (SSSR count). The molecule has 2 heterocycles. The molecule has 0 saturated heterocycles. The third-order valence-electron chi connectivity index (χ3n) is 10.2. The number of esters is 10. The van der Waals surface area contributed by atoms with Gasteiger partial charge in [0.25, 0.3) is 0 Å². The van der Waals surface area contributed by atoms with E-state index >= 15 is 0 Å². The number of fused-ring (bicyclic) bond motifs is 2. The lowest BCUT2D eigenvalue weighted by molar-refractivity contribution is -0.154. The van der Waals surface area contributed by atoms with Crippen molar-refractivity contribution in [2.24, 2.45) is 0 Å². The quantitative estimate of drug-likeness (QED) is 0.111. The highest BCUT2D eigenvalue weighted by atomic mass is 16.6. The molecule has 5 atom stereocenters. The first kappa shape index (κ1) is 52.5. The molecule has 0 saturated carbocycles. The minimum Gasteiger partial charge on any atom is -0.481 e. The number of hydrogen-bond acceptors (Lipinski definition) is 22. The molecule has 22 heteroatoms. The smallest absolute Gasteiger partial charge is 0.308 e. The standard InChI is InChI=1S/C50H46O22/c1-21(51)61-33-17-40(66-26(6)56)44-41(18-33)72-48(32-12-14-36(63-23(3)53)39(16-32)65-25(5)55)50(70-30(10)60)46(44)45-42(67-27(7)57)20-37-34(49(45)69-29(9)59)19-43(68-28(8)58)47(71-37)31-11-13-35(62-22(2)52)38(15-31)64-24(4)54/h11-18,20,43,46-48,50H,19H2,1-10H3/t43-,46+,47+,48+,50+/m0/s1. The first-order chi connectivity index (χ1) is 33.9. The van der Waals surface area contributed by atoms with Crippen molar-refractivity contribution in [1.82, 2.24) is 0 Å². The zero-order chi connectivity index (χ0) is 52.9. The highest BCUT2D eigenvalue weighted by molar-refractivity contribution is 5.80. The second kappa shape index (κ2) is 21.9. The number of carbonyl (C=O) groups excluding carboxylic acids is 10. The molecular formula is C50H46O22. The van der Waals surface area contributed by atoms with Crippen molar-refractivity contribution in [1.29, 1.82) is 0 Å². The van der Waals surface area contributed by atoms with Crippen LogP contribution in [0.3, 0.4) is 0 Å². The third kappa shape index (κ3) is 12.5. The molecule has 378 valence electrons. The Kier molecular flexibility index (Phi) is 16.0. The van der Waals surface area contributed by atoms with E-state index in [1.807, 2.05) is 0 Å². The topological polar surface area (TPSA) is 281 Å². The Morgan fingerprint density at radius 1 is 0.403 bits per heavy atom. The Morgan fingerprint density at radius 3 is 1.31 bits per heavy atom. The highest BCUT2D eigenvalue weighted by Gasteiger charge is 2.50. The molecule has 2 aliphatic rings. The minimum absolute atomic E-state index is 0.00922. The van der Waals surface area contributed by atoms with Gasteiger partial charge in [-0.15, -0.1) is 0 Å². The van der Waals surface area contributed by atoms with Gasteiger partial charge in [0.15, 0.2) is 41.3 Å². The van der Waals surface area contributed by atoms with Crippen LogP contribution in [-0.2, 0) is 63.8 Å². The fourth-order valence-electron chi connectivity index (χ4n) is 8.11. The van der Waals surface area contributed by atoms with Crippen molar-refractivity contribution in [3.05, 3.63) is 82.4 Å². The van der Waals surface area contributed by atoms with E-state index in [0.29, 0.717) is 0 Å². The van der Waals surface area contributed by atoms with Crippen LogP contribution in [0.4, 0.5) is 0 Å². The molecule has 72 heavy (non-hydrogen) atoms. The second-order valence-electron chi connectivity index (χ2n) is 16.1. The van der Waals surface area contributed by atoms with Gasteiger partial charge in [-0.3, -0.25) is 47.9 Å². The summed E-state index contributed by atoms with van der Waals surface area (Å²) in [5.41, 5.74) is -0.0679. The van der Waals surface area contributed by atoms with E-state index in [1.54, 1.807) is 0 Å². The van der Waals surface area contributed by atoms with Gasteiger partial charge in [0.1, 0.15) is 40.6 Å². The largest absolute Gasteiger partial charge is 0.481 e. The zero-order valence-electron chi connectivity index (χ0n) is 40.3. The third-order valence-corrected chi connectivity index (χ3v) is 10.2. The molecule has 22 nitrogen and oxygen atoms in total. The summed E-state index contributed by atoms with van der Waals surface area (Å²) in [6.45, 7) is 10.9. The molecule has 0 radical (unpaired) electrons. The van der Waals surface area contributed by atoms with Crippen molar-refractivity contribution in [3.63, 3.8) is 0 Å². The first-order valence-electron chi connectivity index (χ1n) is 21.7. The second-order valence-corrected chi connectivity index (χ2v) is 16.1. The van der Waals surface area contributed by atoms with E-state index in [0.717, 1.165) is 75.3 Å². The Morgan fingerprint density at radius 2 is 0.833 bits per heavy atom. The number of rotatable bonds is 13. The van der Waals surface area contributed by atoms with Crippen LogP contribution in [0.1, 0.15) is 115 Å². The summed E-state index contributed by atoms with van der Waals surface area (Å²) in [4.78, 5) is 127. The predicted molar refractivity (Wildman–Crippen MR) is 240 cm³/mol. The predicted octanol–water partition coefficient (Wildman–Crippen LogP) is 5.89. The SMILES string of the molecule is CC(=O)Oc1cc(OC(C)=O)c2c(c1)O[C@H](c1ccc(OC(C)=O)c(OC(C)=O)c1)[C@H](OC(C)=O)[C@H]2c1c(OC(C)=O)cc2c(c1OC(C)=O)C[C@H](OC(C)=O)[C@@H](c1ccc(OC(C)=O)c(OC(C)=O)c1)O2. The Hall–Kier alpha value is -8.82. The van der Waals surface area contributed by atoms with E-state index in [2.05, 4.69) is 0 Å². The van der Waals surface area contributed by atoms with Gasteiger partial charge in [0.2, 0.25) is 0 Å². The van der Waals surface area contributed by atoms with Gasteiger partial charge in [-0.2, -0.15) is 0 Å². The number of ether oxygens (including phenoxy) is 12. The fraction of sp³-hybridized carbons (Fsp3) is 0.320. The van der Waals surface area contributed by atoms with Crippen molar-refractivity contribution in [2.75, 3.05) is 0 Å². The summed E-state index contributed by atoms with van der Waals surface area (Å²) in [6, 6.07) is 11.6. The average Bonchev–Trinajstić information content (AvgIpc) is 3.23. The molecule has 0 aromatic heterocycles. The van der Waals surface area contributed by atoms with Crippen LogP contribution in [-0.4, -0.2) is 71.9 Å². The fourth-order valence-corrected chi connectivity index (χ4v) is 8.11. The summed E-state index contributed by atoms with van der Waals surface area (Å²) >= 11 is 0. The van der Waals surface area contributed by atoms with E-state index < -0.39 is 102 Å². The van der Waals surface area contributed by atoms with Gasteiger partial charge in [0, 0.05) is 122 Å². The maximum absolute atomic E-state index is 13.4. The first-order valence-corrected chi connectivity index (χ1v) is 21.7. The van der Waals surface area contributed by atoms with Gasteiger partial charge < -0.3 is 56.8 Å². The molecule has 0 bridgehead atoms. The van der Waals surface area contributed by atoms with Crippen LogP contribution in [0.15, 0.2) is 54.6 Å². The van der Waals surface area contributed by atoms with Crippen molar-refractivity contribution in [2.45, 2.75) is 106 Å². The highest BCUT2D eigenvalue weighted by Crippen LogP contribution is 2.58. The molecule has 4 aromatic carbocycles. The molecule has 0 unspecified atom stereocenters. The van der Waals surface area contributed by atoms with Gasteiger partial charge in [0.05, 0.1) is 5.92 Å². The van der Waals surface area contributed by atoms with E-state index in [4.69, 9.17) is 56.8 Å². The summed E-state index contributed by atoms with van der Waals surface area (Å²) < 4.78 is 69.4. The van der Waals surface area contributed by atoms with Gasteiger partial charge >= 0.3 is 59.7 Å². The Bertz CT molecular complexity index is 2930. The van der Waals surface area contributed by atoms with Crippen LogP contribution < -0.4 is 47.4 Å². The Balaban J connectivity index is 1.72. The summed E-state index contributed by atoms with van der Waals surface area (Å²) in [5.74, 6) is -12.5. The molecule has 0 aliphatic carbocycles. The van der Waals surface area contributed by atoms with E-state index in [1.165, 1.54) is 48.5 Å². The molecule has 0 amide bonds. The van der Waals surface area contributed by atoms with E-state index in [-0.39, 0.29) is 80.2 Å². The lowest BCUT2D eigenvalue weighted by atomic mass is 9.77. The normalized spacial score (nSPS) is 17.3. The number of hydrogen-bond donors (Lipinski definition) is 0. The summed E-state index contributed by atoms with van der Waals surface area (Å²) in [7, 11) is 0. The van der Waals surface area contributed by atoms with Crippen LogP contribution in [0.5, 0.6) is 57.5 Å². The number of benzene rings is 4. The molecule has 4 aromatic rings. The molecular weight excluding hydrogens is 953 g/mol. The van der Waals surface area contributed by atoms with Crippen molar-refractivity contribution in [3.8, 4) is 57.5 Å². The van der Waals surface area contributed by atoms with Crippen LogP contribution in [0.25, 0.3) is 0 Å². The van der Waals surface area contributed by atoms with Crippen LogP contribution in [0, 0.1) is 0 Å². The monoisotopic (exact) mass is 998 g/mol. The maximum Gasteiger partial charge on any atom is 0.308 e.